The minimum atomic E-state index is -1.06. The fourth-order valence-electron chi connectivity index (χ4n) is 1.91. The summed E-state index contributed by atoms with van der Waals surface area (Å²) in [7, 11) is 0. The Balaban J connectivity index is 1.79. The van der Waals surface area contributed by atoms with Crippen LogP contribution in [0.15, 0.2) is 47.8 Å². The summed E-state index contributed by atoms with van der Waals surface area (Å²) >= 11 is 1.57. The summed E-state index contributed by atoms with van der Waals surface area (Å²) in [5.74, 6) is -1.06. The Labute approximate surface area is 132 Å². The zero-order chi connectivity index (χ0) is 15.8. The third kappa shape index (κ3) is 5.21. The first-order chi connectivity index (χ1) is 10.6. The van der Waals surface area contributed by atoms with Crippen molar-refractivity contribution >= 4 is 23.4 Å². The highest BCUT2D eigenvalue weighted by Gasteiger charge is 2.20. The molecule has 22 heavy (non-hydrogen) atoms. The number of rotatable bonds is 7. The van der Waals surface area contributed by atoms with Gasteiger partial charge in [0.2, 0.25) is 0 Å². The van der Waals surface area contributed by atoms with Gasteiger partial charge < -0.3 is 15.2 Å². The van der Waals surface area contributed by atoms with E-state index in [1.54, 1.807) is 11.3 Å². The van der Waals surface area contributed by atoms with Crippen LogP contribution in [0.5, 0.6) is 0 Å². The standard InChI is InChI=1S/C16H17NO4S/c18-15(19)14(9-8-13-7-4-10-22-13)17-16(20)21-11-12-5-2-1-3-6-12/h1-7,10,14H,8-9,11H2,(H,17,20)(H,18,19). The fourth-order valence-corrected chi connectivity index (χ4v) is 2.63. The Bertz CT molecular complexity index is 598. The van der Waals surface area contributed by atoms with E-state index in [9.17, 15) is 9.59 Å². The second-order valence-corrected chi connectivity index (χ2v) is 5.75. The van der Waals surface area contributed by atoms with Crippen molar-refractivity contribution in [2.75, 3.05) is 0 Å². The predicted octanol–water partition coefficient (Wildman–Crippen LogP) is 3.06. The molecule has 0 aliphatic carbocycles. The summed E-state index contributed by atoms with van der Waals surface area (Å²) in [6.45, 7) is 0.115. The molecule has 2 N–H and O–H groups in total. The number of nitrogens with one attached hydrogen (secondary N) is 1. The number of benzene rings is 1. The van der Waals surface area contributed by atoms with Gasteiger partial charge in [-0.15, -0.1) is 11.3 Å². The van der Waals surface area contributed by atoms with Crippen LogP contribution in [0, 0.1) is 0 Å². The molecule has 0 bridgehead atoms. The average Bonchev–Trinajstić information content (AvgIpc) is 3.03. The molecule has 6 heteroatoms. The molecule has 0 spiro atoms. The molecular weight excluding hydrogens is 302 g/mol. The first-order valence-electron chi connectivity index (χ1n) is 6.87. The van der Waals surface area contributed by atoms with E-state index in [-0.39, 0.29) is 6.61 Å². The zero-order valence-electron chi connectivity index (χ0n) is 11.9. The molecule has 1 heterocycles. The summed E-state index contributed by atoms with van der Waals surface area (Å²) in [6, 6.07) is 12.1. The van der Waals surface area contributed by atoms with Crippen LogP contribution < -0.4 is 5.32 Å². The number of aryl methyl sites for hydroxylation is 1. The van der Waals surface area contributed by atoms with Gasteiger partial charge in [0.1, 0.15) is 12.6 Å². The largest absolute Gasteiger partial charge is 0.480 e. The summed E-state index contributed by atoms with van der Waals surface area (Å²) in [5, 5.41) is 13.5. The Morgan fingerprint density at radius 1 is 1.18 bits per heavy atom. The smallest absolute Gasteiger partial charge is 0.408 e. The van der Waals surface area contributed by atoms with Gasteiger partial charge >= 0.3 is 12.1 Å². The first-order valence-corrected chi connectivity index (χ1v) is 7.75. The Hall–Kier alpha value is -2.34. The maximum absolute atomic E-state index is 11.7. The number of hydrogen-bond donors (Lipinski definition) is 2. The normalized spacial score (nSPS) is 11.6. The molecule has 0 aliphatic heterocycles. The third-order valence-electron chi connectivity index (χ3n) is 3.06. The van der Waals surface area contributed by atoms with E-state index in [1.807, 2.05) is 47.8 Å². The van der Waals surface area contributed by atoms with Crippen LogP contribution in [-0.4, -0.2) is 23.2 Å². The molecule has 116 valence electrons. The molecule has 5 nitrogen and oxygen atoms in total. The van der Waals surface area contributed by atoms with Gasteiger partial charge in [-0.05, 0) is 29.9 Å². The van der Waals surface area contributed by atoms with Crippen molar-refractivity contribution in [3.8, 4) is 0 Å². The molecule has 0 fully saturated rings. The minimum Gasteiger partial charge on any atom is -0.480 e. The zero-order valence-corrected chi connectivity index (χ0v) is 12.7. The Morgan fingerprint density at radius 2 is 1.95 bits per heavy atom. The molecule has 1 amide bonds. The van der Waals surface area contributed by atoms with Gasteiger partial charge in [0, 0.05) is 4.88 Å². The molecule has 2 rings (SSSR count). The van der Waals surface area contributed by atoms with E-state index in [0.717, 1.165) is 10.4 Å². The quantitative estimate of drug-likeness (QED) is 0.822. The second-order valence-electron chi connectivity index (χ2n) is 4.71. The number of thiophene rings is 1. The van der Waals surface area contributed by atoms with E-state index in [4.69, 9.17) is 9.84 Å². The SMILES string of the molecule is O=C(NC(CCc1cccs1)C(=O)O)OCc1ccccc1. The minimum absolute atomic E-state index is 0.115. The number of ether oxygens (including phenoxy) is 1. The van der Waals surface area contributed by atoms with E-state index in [1.165, 1.54) is 0 Å². The fraction of sp³-hybridized carbons (Fsp3) is 0.250. The second kappa shape index (κ2) is 8.19. The molecule has 0 saturated carbocycles. The van der Waals surface area contributed by atoms with E-state index >= 15 is 0 Å². The summed E-state index contributed by atoms with van der Waals surface area (Å²) in [4.78, 5) is 24.0. The third-order valence-corrected chi connectivity index (χ3v) is 4.00. The number of alkyl carbamates (subject to hydrolysis) is 1. The van der Waals surface area contributed by atoms with Crippen molar-refractivity contribution in [2.45, 2.75) is 25.5 Å². The topological polar surface area (TPSA) is 75.6 Å². The molecule has 1 unspecified atom stereocenters. The van der Waals surface area contributed by atoms with Gasteiger partial charge in [0.05, 0.1) is 0 Å². The number of amides is 1. The van der Waals surface area contributed by atoms with Crippen LogP contribution in [-0.2, 0) is 22.6 Å². The highest BCUT2D eigenvalue weighted by Crippen LogP contribution is 2.12. The van der Waals surface area contributed by atoms with Gasteiger partial charge in [0.25, 0.3) is 0 Å². The highest BCUT2D eigenvalue weighted by atomic mass is 32.1. The van der Waals surface area contributed by atoms with Gasteiger partial charge in [-0.25, -0.2) is 9.59 Å². The van der Waals surface area contributed by atoms with Gasteiger partial charge in [0.15, 0.2) is 0 Å². The Morgan fingerprint density at radius 3 is 2.59 bits per heavy atom. The molecule has 1 aromatic heterocycles. The van der Waals surface area contributed by atoms with Crippen LogP contribution in [0.25, 0.3) is 0 Å². The predicted molar refractivity (Wildman–Crippen MR) is 83.8 cm³/mol. The number of carboxylic acids is 1. The molecular formula is C16H17NO4S. The number of hydrogen-bond acceptors (Lipinski definition) is 4. The molecule has 0 radical (unpaired) electrons. The molecule has 0 aliphatic rings. The summed E-state index contributed by atoms with van der Waals surface area (Å²) < 4.78 is 5.03. The lowest BCUT2D eigenvalue weighted by Crippen LogP contribution is -2.41. The van der Waals surface area contributed by atoms with E-state index in [0.29, 0.717) is 12.8 Å². The van der Waals surface area contributed by atoms with Gasteiger partial charge in [-0.1, -0.05) is 36.4 Å². The molecule has 0 saturated heterocycles. The summed E-state index contributed by atoms with van der Waals surface area (Å²) in [6.07, 6.45) is 0.214. The monoisotopic (exact) mass is 319 g/mol. The number of carbonyl (C=O) groups excluding carboxylic acids is 1. The van der Waals surface area contributed by atoms with Crippen molar-refractivity contribution in [2.24, 2.45) is 0 Å². The molecule has 1 atom stereocenters. The van der Waals surface area contributed by atoms with E-state index < -0.39 is 18.1 Å². The van der Waals surface area contributed by atoms with Crippen LogP contribution in [0.3, 0.4) is 0 Å². The van der Waals surface area contributed by atoms with Gasteiger partial charge in [-0.2, -0.15) is 0 Å². The van der Waals surface area contributed by atoms with Crippen molar-refractivity contribution in [3.05, 3.63) is 58.3 Å². The lowest BCUT2D eigenvalue weighted by molar-refractivity contribution is -0.139. The van der Waals surface area contributed by atoms with Crippen molar-refractivity contribution in [1.29, 1.82) is 0 Å². The maximum Gasteiger partial charge on any atom is 0.408 e. The number of carboxylic acid groups (broad SMARTS) is 1. The summed E-state index contributed by atoms with van der Waals surface area (Å²) in [5.41, 5.74) is 0.850. The average molecular weight is 319 g/mol. The van der Waals surface area contributed by atoms with Crippen molar-refractivity contribution in [3.63, 3.8) is 0 Å². The van der Waals surface area contributed by atoms with Crippen LogP contribution in [0.1, 0.15) is 16.9 Å². The Kier molecular flexibility index (Phi) is 5.97. The first kappa shape index (κ1) is 16.0. The number of aliphatic carboxylic acids is 1. The highest BCUT2D eigenvalue weighted by molar-refractivity contribution is 7.09. The van der Waals surface area contributed by atoms with E-state index in [2.05, 4.69) is 5.32 Å². The van der Waals surface area contributed by atoms with Crippen molar-refractivity contribution in [1.82, 2.24) is 5.32 Å². The molecule has 2 aromatic rings. The maximum atomic E-state index is 11.7. The molecule has 1 aromatic carbocycles. The lowest BCUT2D eigenvalue weighted by atomic mass is 10.1. The lowest BCUT2D eigenvalue weighted by Gasteiger charge is -2.14. The van der Waals surface area contributed by atoms with Crippen LogP contribution >= 0.6 is 11.3 Å². The van der Waals surface area contributed by atoms with Crippen molar-refractivity contribution < 1.29 is 19.4 Å². The number of carbonyl (C=O) groups is 2. The van der Waals surface area contributed by atoms with Crippen LogP contribution in [0.2, 0.25) is 0 Å². The van der Waals surface area contributed by atoms with Gasteiger partial charge in [-0.3, -0.25) is 0 Å². The van der Waals surface area contributed by atoms with Crippen LogP contribution in [0.4, 0.5) is 4.79 Å².